The highest BCUT2D eigenvalue weighted by molar-refractivity contribution is 5.68. The molecule has 0 aliphatic carbocycles. The van der Waals surface area contributed by atoms with Crippen LogP contribution < -0.4 is 10.5 Å². The summed E-state index contributed by atoms with van der Waals surface area (Å²) in [5.41, 5.74) is 8.59. The van der Waals surface area contributed by atoms with Crippen LogP contribution in [0.2, 0.25) is 0 Å². The molecule has 2 N–H and O–H groups in total. The predicted octanol–water partition coefficient (Wildman–Crippen LogP) is 2.07. The van der Waals surface area contributed by atoms with E-state index in [1.165, 1.54) is 0 Å². The molecule has 0 unspecified atom stereocenters. The molecule has 0 aliphatic heterocycles. The molecule has 4 nitrogen and oxygen atoms in total. The first kappa shape index (κ1) is 10.5. The Kier molecular flexibility index (Phi) is 2.81. The number of anilines is 1. The Hall–Kier alpha value is -1.97. The Balaban J connectivity index is 2.39. The van der Waals surface area contributed by atoms with Gasteiger partial charge in [0.05, 0.1) is 18.5 Å². The summed E-state index contributed by atoms with van der Waals surface area (Å²) >= 11 is 0. The molecule has 2 aromatic rings. The van der Waals surface area contributed by atoms with Gasteiger partial charge in [-0.1, -0.05) is 6.07 Å². The van der Waals surface area contributed by atoms with Gasteiger partial charge in [0.25, 0.3) is 0 Å². The quantitative estimate of drug-likeness (QED) is 0.801. The molecule has 0 spiro atoms. The Labute approximate surface area is 94.6 Å². The maximum Gasteiger partial charge on any atom is 0.142 e. The van der Waals surface area contributed by atoms with Crippen LogP contribution in [0.4, 0.5) is 5.69 Å². The van der Waals surface area contributed by atoms with Crippen molar-refractivity contribution in [3.8, 4) is 16.9 Å². The van der Waals surface area contributed by atoms with Gasteiger partial charge < -0.3 is 10.5 Å². The van der Waals surface area contributed by atoms with Gasteiger partial charge in [0.2, 0.25) is 0 Å². The van der Waals surface area contributed by atoms with Crippen LogP contribution in [0.1, 0.15) is 6.92 Å². The number of hydrogen-bond acceptors (Lipinski definition) is 3. The molecule has 0 atom stereocenters. The molecule has 0 amide bonds. The van der Waals surface area contributed by atoms with Crippen molar-refractivity contribution in [2.45, 2.75) is 6.92 Å². The fourth-order valence-corrected chi connectivity index (χ4v) is 1.56. The Bertz CT molecular complexity index is 491. The van der Waals surface area contributed by atoms with E-state index in [4.69, 9.17) is 10.5 Å². The summed E-state index contributed by atoms with van der Waals surface area (Å²) in [5, 5.41) is 4.14. The minimum atomic E-state index is 0.612. The lowest BCUT2D eigenvalue weighted by Crippen LogP contribution is -1.96. The Morgan fingerprint density at radius 1 is 1.38 bits per heavy atom. The zero-order valence-electron chi connectivity index (χ0n) is 9.47. The van der Waals surface area contributed by atoms with E-state index in [1.807, 2.05) is 44.6 Å². The van der Waals surface area contributed by atoms with Crippen molar-refractivity contribution in [1.82, 2.24) is 9.78 Å². The summed E-state index contributed by atoms with van der Waals surface area (Å²) in [7, 11) is 1.89. The molecule has 1 heterocycles. The number of benzene rings is 1. The average Bonchev–Trinajstić information content (AvgIpc) is 2.69. The highest BCUT2D eigenvalue weighted by atomic mass is 16.5. The number of aromatic nitrogens is 2. The van der Waals surface area contributed by atoms with Gasteiger partial charge in [0.1, 0.15) is 5.75 Å². The third kappa shape index (κ3) is 2.00. The van der Waals surface area contributed by atoms with E-state index in [-0.39, 0.29) is 0 Å². The van der Waals surface area contributed by atoms with Gasteiger partial charge >= 0.3 is 0 Å². The second kappa shape index (κ2) is 4.26. The molecule has 1 aromatic carbocycles. The van der Waals surface area contributed by atoms with Crippen molar-refractivity contribution in [2.75, 3.05) is 12.3 Å². The van der Waals surface area contributed by atoms with Crippen LogP contribution in [0, 0.1) is 0 Å². The molecule has 0 saturated carbocycles. The molecule has 1 aromatic heterocycles. The topological polar surface area (TPSA) is 53.1 Å². The van der Waals surface area contributed by atoms with E-state index < -0.39 is 0 Å². The summed E-state index contributed by atoms with van der Waals surface area (Å²) < 4.78 is 7.22. The Morgan fingerprint density at radius 2 is 2.19 bits per heavy atom. The minimum absolute atomic E-state index is 0.612. The lowest BCUT2D eigenvalue weighted by atomic mass is 10.1. The molecular formula is C12H15N3O. The number of rotatable bonds is 3. The molecule has 2 rings (SSSR count). The highest BCUT2D eigenvalue weighted by Crippen LogP contribution is 2.28. The zero-order valence-corrected chi connectivity index (χ0v) is 9.47. The number of nitrogens with two attached hydrogens (primary N) is 1. The maximum atomic E-state index is 5.81. The standard InChI is InChI=1S/C12H15N3O/c1-3-16-12-6-9(4-5-11(12)13)10-7-14-15(2)8-10/h4-8H,3,13H2,1-2H3. The molecule has 4 heteroatoms. The molecule has 0 fully saturated rings. The van der Waals surface area contributed by atoms with Crippen LogP contribution in [0.25, 0.3) is 11.1 Å². The molecule has 0 aliphatic rings. The summed E-state index contributed by atoms with van der Waals surface area (Å²) in [6.45, 7) is 2.55. The predicted molar refractivity (Wildman–Crippen MR) is 64.2 cm³/mol. The number of ether oxygens (including phenoxy) is 1. The van der Waals surface area contributed by atoms with Crippen molar-refractivity contribution >= 4 is 5.69 Å². The van der Waals surface area contributed by atoms with Crippen molar-refractivity contribution in [1.29, 1.82) is 0 Å². The molecule has 0 saturated heterocycles. The minimum Gasteiger partial charge on any atom is -0.492 e. The van der Waals surface area contributed by atoms with Gasteiger partial charge in [-0.2, -0.15) is 5.10 Å². The highest BCUT2D eigenvalue weighted by Gasteiger charge is 2.05. The van der Waals surface area contributed by atoms with Crippen molar-refractivity contribution in [2.24, 2.45) is 7.05 Å². The monoisotopic (exact) mass is 217 g/mol. The fourth-order valence-electron chi connectivity index (χ4n) is 1.56. The van der Waals surface area contributed by atoms with Crippen LogP contribution >= 0.6 is 0 Å². The molecule has 84 valence electrons. The molecule has 0 radical (unpaired) electrons. The summed E-state index contributed by atoms with van der Waals surface area (Å²) in [4.78, 5) is 0. The molecular weight excluding hydrogens is 202 g/mol. The smallest absolute Gasteiger partial charge is 0.142 e. The van der Waals surface area contributed by atoms with E-state index in [0.29, 0.717) is 12.3 Å². The van der Waals surface area contributed by atoms with Gasteiger partial charge in [-0.3, -0.25) is 4.68 Å². The first-order valence-electron chi connectivity index (χ1n) is 5.22. The third-order valence-electron chi connectivity index (χ3n) is 2.35. The lowest BCUT2D eigenvalue weighted by molar-refractivity contribution is 0.342. The van der Waals surface area contributed by atoms with Gasteiger partial charge in [-0.15, -0.1) is 0 Å². The van der Waals surface area contributed by atoms with E-state index in [0.717, 1.165) is 16.9 Å². The van der Waals surface area contributed by atoms with Gasteiger partial charge in [-0.25, -0.2) is 0 Å². The molecule has 16 heavy (non-hydrogen) atoms. The van der Waals surface area contributed by atoms with Crippen LogP contribution in [-0.4, -0.2) is 16.4 Å². The fraction of sp³-hybridized carbons (Fsp3) is 0.250. The van der Waals surface area contributed by atoms with Crippen LogP contribution in [-0.2, 0) is 7.05 Å². The second-order valence-corrected chi connectivity index (χ2v) is 3.59. The second-order valence-electron chi connectivity index (χ2n) is 3.59. The van der Waals surface area contributed by atoms with Gasteiger partial charge in [0.15, 0.2) is 0 Å². The van der Waals surface area contributed by atoms with E-state index in [2.05, 4.69) is 5.10 Å². The largest absolute Gasteiger partial charge is 0.492 e. The van der Waals surface area contributed by atoms with Gasteiger partial charge in [-0.05, 0) is 24.6 Å². The zero-order chi connectivity index (χ0) is 11.5. The van der Waals surface area contributed by atoms with Gasteiger partial charge in [0, 0.05) is 18.8 Å². The van der Waals surface area contributed by atoms with Crippen molar-refractivity contribution in [3.63, 3.8) is 0 Å². The average molecular weight is 217 g/mol. The maximum absolute atomic E-state index is 5.81. The Morgan fingerprint density at radius 3 is 2.81 bits per heavy atom. The van der Waals surface area contributed by atoms with E-state index in [1.54, 1.807) is 4.68 Å². The van der Waals surface area contributed by atoms with Crippen LogP contribution in [0.3, 0.4) is 0 Å². The summed E-state index contributed by atoms with van der Waals surface area (Å²) in [6.07, 6.45) is 3.78. The van der Waals surface area contributed by atoms with Crippen molar-refractivity contribution in [3.05, 3.63) is 30.6 Å². The molecule has 0 bridgehead atoms. The van der Waals surface area contributed by atoms with E-state index >= 15 is 0 Å². The van der Waals surface area contributed by atoms with Crippen molar-refractivity contribution < 1.29 is 4.74 Å². The number of aryl methyl sites for hydroxylation is 1. The first-order chi connectivity index (χ1) is 7.70. The number of nitrogens with zero attached hydrogens (tertiary/aromatic N) is 2. The first-order valence-corrected chi connectivity index (χ1v) is 5.22. The number of nitrogen functional groups attached to an aromatic ring is 1. The summed E-state index contributed by atoms with van der Waals surface area (Å²) in [6, 6.07) is 5.76. The van der Waals surface area contributed by atoms with Crippen LogP contribution in [0.15, 0.2) is 30.6 Å². The third-order valence-corrected chi connectivity index (χ3v) is 2.35. The SMILES string of the molecule is CCOc1cc(-c2cnn(C)c2)ccc1N. The number of hydrogen-bond donors (Lipinski definition) is 1. The summed E-state index contributed by atoms with van der Waals surface area (Å²) in [5.74, 6) is 0.726. The normalized spacial score (nSPS) is 10.4. The lowest BCUT2D eigenvalue weighted by Gasteiger charge is -2.08. The van der Waals surface area contributed by atoms with Crippen LogP contribution in [0.5, 0.6) is 5.75 Å². The van der Waals surface area contributed by atoms with E-state index in [9.17, 15) is 0 Å².